The molecule has 0 spiro atoms. The van der Waals surface area contributed by atoms with Gasteiger partial charge in [-0.05, 0) is 38.1 Å². The lowest BCUT2D eigenvalue weighted by Gasteiger charge is -2.11. The molecule has 2 rings (SSSR count). The fraction of sp³-hybridized carbons (Fsp3) is 0.294. The van der Waals surface area contributed by atoms with E-state index in [1.165, 1.54) is 22.5 Å². The average molecular weight is 256 g/mol. The van der Waals surface area contributed by atoms with E-state index >= 15 is 0 Å². The van der Waals surface area contributed by atoms with Gasteiger partial charge in [0.15, 0.2) is 0 Å². The highest BCUT2D eigenvalue weighted by molar-refractivity contribution is 5.45. The van der Waals surface area contributed by atoms with E-state index in [9.17, 15) is 0 Å². The van der Waals surface area contributed by atoms with Crippen LogP contribution in [-0.2, 0) is 0 Å². The summed E-state index contributed by atoms with van der Waals surface area (Å²) >= 11 is 0. The SMILES string of the molecule is CNc1ccc(C)cc1.Cc1ccc(N(C)C)cc1. The molecule has 0 amide bonds. The molecular formula is C17H24N2. The van der Waals surface area contributed by atoms with E-state index in [0.29, 0.717) is 0 Å². The van der Waals surface area contributed by atoms with Crippen molar-refractivity contribution >= 4 is 11.4 Å². The number of anilines is 2. The van der Waals surface area contributed by atoms with Crippen LogP contribution in [0.1, 0.15) is 11.1 Å². The van der Waals surface area contributed by atoms with Crippen LogP contribution in [0.5, 0.6) is 0 Å². The Bertz CT molecular complexity index is 470. The molecule has 0 radical (unpaired) electrons. The van der Waals surface area contributed by atoms with Crippen molar-refractivity contribution in [2.75, 3.05) is 31.4 Å². The normalized spacial score (nSPS) is 9.32. The molecule has 0 heterocycles. The Kier molecular flexibility index (Phi) is 5.94. The molecule has 2 nitrogen and oxygen atoms in total. The third kappa shape index (κ3) is 5.47. The van der Waals surface area contributed by atoms with E-state index in [4.69, 9.17) is 0 Å². The van der Waals surface area contributed by atoms with Gasteiger partial charge in [-0.3, -0.25) is 0 Å². The maximum atomic E-state index is 3.05. The molecule has 0 unspecified atom stereocenters. The number of rotatable bonds is 2. The lowest BCUT2D eigenvalue weighted by molar-refractivity contribution is 1.13. The van der Waals surface area contributed by atoms with Crippen LogP contribution in [-0.4, -0.2) is 21.1 Å². The number of nitrogens with zero attached hydrogens (tertiary/aromatic N) is 1. The molecule has 19 heavy (non-hydrogen) atoms. The second-order valence-corrected chi connectivity index (χ2v) is 4.85. The predicted octanol–water partition coefficient (Wildman–Crippen LogP) is 4.10. The molecule has 0 atom stereocenters. The van der Waals surface area contributed by atoms with Crippen molar-refractivity contribution in [2.45, 2.75) is 13.8 Å². The van der Waals surface area contributed by atoms with Crippen LogP contribution in [0.2, 0.25) is 0 Å². The van der Waals surface area contributed by atoms with E-state index in [1.807, 2.05) is 21.1 Å². The molecule has 0 saturated carbocycles. The molecule has 0 saturated heterocycles. The smallest absolute Gasteiger partial charge is 0.0361 e. The molecule has 2 heteroatoms. The van der Waals surface area contributed by atoms with Crippen LogP contribution in [0.15, 0.2) is 48.5 Å². The highest BCUT2D eigenvalue weighted by Crippen LogP contribution is 2.10. The first-order chi connectivity index (χ1) is 9.02. The van der Waals surface area contributed by atoms with Gasteiger partial charge in [-0.25, -0.2) is 0 Å². The van der Waals surface area contributed by atoms with Crippen LogP contribution in [0, 0.1) is 13.8 Å². The summed E-state index contributed by atoms with van der Waals surface area (Å²) in [5.74, 6) is 0. The number of nitrogens with one attached hydrogen (secondary N) is 1. The van der Waals surface area contributed by atoms with E-state index < -0.39 is 0 Å². The second-order valence-electron chi connectivity index (χ2n) is 4.85. The third-order valence-electron chi connectivity index (χ3n) is 2.89. The molecule has 0 aliphatic heterocycles. The molecule has 0 bridgehead atoms. The summed E-state index contributed by atoms with van der Waals surface area (Å²) in [5.41, 5.74) is 5.03. The van der Waals surface area contributed by atoms with Gasteiger partial charge in [0.25, 0.3) is 0 Å². The molecule has 102 valence electrons. The number of aryl methyl sites for hydroxylation is 2. The maximum absolute atomic E-state index is 3.05. The minimum atomic E-state index is 1.17. The van der Waals surface area contributed by atoms with Crippen LogP contribution >= 0.6 is 0 Å². The number of benzene rings is 2. The topological polar surface area (TPSA) is 15.3 Å². The Morgan fingerprint density at radius 1 is 0.737 bits per heavy atom. The van der Waals surface area contributed by atoms with Crippen molar-refractivity contribution in [3.63, 3.8) is 0 Å². The molecule has 0 aliphatic rings. The van der Waals surface area contributed by atoms with Gasteiger partial charge >= 0.3 is 0 Å². The summed E-state index contributed by atoms with van der Waals surface area (Å²) in [6.45, 7) is 4.18. The van der Waals surface area contributed by atoms with E-state index in [2.05, 4.69) is 72.6 Å². The van der Waals surface area contributed by atoms with Crippen LogP contribution in [0.25, 0.3) is 0 Å². The Labute approximate surface area is 117 Å². The van der Waals surface area contributed by atoms with Gasteiger partial charge in [0.05, 0.1) is 0 Å². The molecule has 2 aromatic carbocycles. The average Bonchev–Trinajstić information content (AvgIpc) is 2.41. The predicted molar refractivity (Wildman–Crippen MR) is 86.2 cm³/mol. The highest BCUT2D eigenvalue weighted by atomic mass is 15.1. The van der Waals surface area contributed by atoms with Crippen molar-refractivity contribution < 1.29 is 0 Å². The largest absolute Gasteiger partial charge is 0.388 e. The third-order valence-corrected chi connectivity index (χ3v) is 2.89. The fourth-order valence-electron chi connectivity index (χ4n) is 1.56. The van der Waals surface area contributed by atoms with E-state index in [0.717, 1.165) is 0 Å². The van der Waals surface area contributed by atoms with E-state index in [1.54, 1.807) is 0 Å². The number of hydrogen-bond donors (Lipinski definition) is 1. The zero-order valence-electron chi connectivity index (χ0n) is 12.6. The lowest BCUT2D eigenvalue weighted by atomic mass is 10.2. The first kappa shape index (κ1) is 15.1. The summed E-state index contributed by atoms with van der Waals surface area (Å²) in [6.07, 6.45) is 0. The van der Waals surface area contributed by atoms with Gasteiger partial charge < -0.3 is 10.2 Å². The Balaban J connectivity index is 0.000000191. The van der Waals surface area contributed by atoms with Crippen LogP contribution in [0.4, 0.5) is 11.4 Å². The van der Waals surface area contributed by atoms with Crippen molar-refractivity contribution in [3.05, 3.63) is 59.7 Å². The van der Waals surface area contributed by atoms with E-state index in [-0.39, 0.29) is 0 Å². The first-order valence-corrected chi connectivity index (χ1v) is 6.51. The maximum Gasteiger partial charge on any atom is 0.0361 e. The second kappa shape index (κ2) is 7.47. The zero-order valence-corrected chi connectivity index (χ0v) is 12.6. The monoisotopic (exact) mass is 256 g/mol. The Hall–Kier alpha value is -1.96. The van der Waals surface area contributed by atoms with Crippen molar-refractivity contribution in [1.82, 2.24) is 0 Å². The highest BCUT2D eigenvalue weighted by Gasteiger charge is 1.90. The Morgan fingerprint density at radius 2 is 1.16 bits per heavy atom. The van der Waals surface area contributed by atoms with Crippen molar-refractivity contribution in [1.29, 1.82) is 0 Å². The number of hydrogen-bond acceptors (Lipinski definition) is 2. The minimum absolute atomic E-state index is 1.17. The quantitative estimate of drug-likeness (QED) is 0.870. The lowest BCUT2D eigenvalue weighted by Crippen LogP contribution is -2.07. The van der Waals surface area contributed by atoms with Gasteiger partial charge in [0.2, 0.25) is 0 Å². The van der Waals surface area contributed by atoms with Gasteiger partial charge in [-0.1, -0.05) is 35.4 Å². The molecule has 0 aromatic heterocycles. The Morgan fingerprint density at radius 3 is 1.53 bits per heavy atom. The molecule has 0 aliphatic carbocycles. The summed E-state index contributed by atoms with van der Waals surface area (Å²) in [6, 6.07) is 16.8. The summed E-state index contributed by atoms with van der Waals surface area (Å²) in [7, 11) is 6.01. The minimum Gasteiger partial charge on any atom is -0.388 e. The summed E-state index contributed by atoms with van der Waals surface area (Å²) in [4.78, 5) is 2.10. The standard InChI is InChI=1S/C9H13N.C8H11N/c1-8-4-6-9(7-5-8)10(2)3;1-7-3-5-8(9-2)6-4-7/h4-7H,1-3H3;3-6,9H,1-2H3. The molecule has 1 N–H and O–H groups in total. The van der Waals surface area contributed by atoms with Crippen LogP contribution in [0.3, 0.4) is 0 Å². The van der Waals surface area contributed by atoms with Gasteiger partial charge in [0, 0.05) is 32.5 Å². The van der Waals surface area contributed by atoms with Crippen molar-refractivity contribution in [2.24, 2.45) is 0 Å². The summed E-state index contributed by atoms with van der Waals surface area (Å²) in [5, 5.41) is 3.05. The molecule has 2 aromatic rings. The fourth-order valence-corrected chi connectivity index (χ4v) is 1.56. The molecular weight excluding hydrogens is 232 g/mol. The van der Waals surface area contributed by atoms with Gasteiger partial charge in [-0.2, -0.15) is 0 Å². The van der Waals surface area contributed by atoms with Crippen LogP contribution < -0.4 is 10.2 Å². The zero-order chi connectivity index (χ0) is 14.3. The summed E-state index contributed by atoms with van der Waals surface area (Å²) < 4.78 is 0. The first-order valence-electron chi connectivity index (χ1n) is 6.51. The van der Waals surface area contributed by atoms with Gasteiger partial charge in [0.1, 0.15) is 0 Å². The molecule has 0 fully saturated rings. The van der Waals surface area contributed by atoms with Crippen molar-refractivity contribution in [3.8, 4) is 0 Å². The van der Waals surface area contributed by atoms with Gasteiger partial charge in [-0.15, -0.1) is 0 Å².